The fourth-order valence-electron chi connectivity index (χ4n) is 3.19. The number of halogens is 1. The van der Waals surface area contributed by atoms with Crippen molar-refractivity contribution in [2.75, 3.05) is 0 Å². The molecule has 0 radical (unpaired) electrons. The van der Waals surface area contributed by atoms with Gasteiger partial charge in [0.05, 0.1) is 6.42 Å². The maximum atomic E-state index is 10.8. The zero-order valence-electron chi connectivity index (χ0n) is 8.34. The summed E-state index contributed by atoms with van der Waals surface area (Å²) in [6, 6.07) is 0. The fraction of sp³-hybridized carbons (Fsp3) is 0.909. The van der Waals surface area contributed by atoms with Crippen LogP contribution in [-0.2, 0) is 4.79 Å². The van der Waals surface area contributed by atoms with E-state index >= 15 is 0 Å². The van der Waals surface area contributed by atoms with Gasteiger partial charge in [0.15, 0.2) is 0 Å². The van der Waals surface area contributed by atoms with Gasteiger partial charge in [-0.3, -0.25) is 4.79 Å². The van der Waals surface area contributed by atoms with Crippen LogP contribution in [0.15, 0.2) is 0 Å². The number of hydrogen-bond donors (Lipinski definition) is 1. The van der Waals surface area contributed by atoms with Crippen LogP contribution in [0.5, 0.6) is 0 Å². The van der Waals surface area contributed by atoms with E-state index in [1.807, 2.05) is 0 Å². The van der Waals surface area contributed by atoms with Crippen LogP contribution >= 0.6 is 22.6 Å². The number of carboxylic acid groups (broad SMARTS) is 1. The van der Waals surface area contributed by atoms with Crippen molar-refractivity contribution in [3.8, 4) is 0 Å². The molecule has 0 unspecified atom stereocenters. The summed E-state index contributed by atoms with van der Waals surface area (Å²) in [7, 11) is 0. The maximum Gasteiger partial charge on any atom is 0.304 e. The second-order valence-corrected chi connectivity index (χ2v) is 6.96. The number of fused-ring (bicyclic) bond motifs is 1. The van der Waals surface area contributed by atoms with Gasteiger partial charge in [-0.1, -0.05) is 48.3 Å². The normalized spacial score (nSPS) is 42.1. The van der Waals surface area contributed by atoms with Gasteiger partial charge >= 0.3 is 5.97 Å². The molecule has 2 rings (SSSR count). The van der Waals surface area contributed by atoms with E-state index in [2.05, 4.69) is 22.6 Å². The fourth-order valence-corrected chi connectivity index (χ4v) is 4.90. The third-order valence-electron chi connectivity index (χ3n) is 3.87. The van der Waals surface area contributed by atoms with E-state index in [9.17, 15) is 4.79 Å². The van der Waals surface area contributed by atoms with Crippen molar-refractivity contribution < 1.29 is 9.90 Å². The van der Waals surface area contributed by atoms with Gasteiger partial charge in [0, 0.05) is 3.42 Å². The van der Waals surface area contributed by atoms with Crippen molar-refractivity contribution in [3.05, 3.63) is 0 Å². The van der Waals surface area contributed by atoms with Crippen LogP contribution in [0, 0.1) is 11.8 Å². The third kappa shape index (κ3) is 1.92. The summed E-state index contributed by atoms with van der Waals surface area (Å²) in [6.45, 7) is 0. The zero-order chi connectivity index (χ0) is 10.2. The lowest BCUT2D eigenvalue weighted by Crippen LogP contribution is -2.50. The van der Waals surface area contributed by atoms with E-state index in [1.165, 1.54) is 32.1 Å². The molecular weight excluding hydrogens is 291 g/mol. The highest BCUT2D eigenvalue weighted by atomic mass is 127. The molecule has 0 amide bonds. The number of hydrogen-bond acceptors (Lipinski definition) is 1. The van der Waals surface area contributed by atoms with Crippen LogP contribution in [0.2, 0.25) is 0 Å². The lowest BCUT2D eigenvalue weighted by atomic mass is 9.61. The molecule has 0 saturated heterocycles. The molecule has 2 saturated carbocycles. The minimum atomic E-state index is -0.623. The van der Waals surface area contributed by atoms with E-state index in [1.54, 1.807) is 0 Å². The van der Waals surface area contributed by atoms with E-state index in [0.717, 1.165) is 12.3 Å². The highest BCUT2D eigenvalue weighted by Crippen LogP contribution is 2.57. The summed E-state index contributed by atoms with van der Waals surface area (Å²) in [5, 5.41) is 8.87. The Morgan fingerprint density at radius 1 is 1.36 bits per heavy atom. The Hall–Kier alpha value is 0.200. The zero-order valence-corrected chi connectivity index (χ0v) is 10.5. The number of carbonyl (C=O) groups is 1. The molecule has 3 atom stereocenters. The van der Waals surface area contributed by atoms with Crippen LogP contribution in [0.3, 0.4) is 0 Å². The Morgan fingerprint density at radius 2 is 2.07 bits per heavy atom. The summed E-state index contributed by atoms with van der Waals surface area (Å²) in [4.78, 5) is 10.8. The lowest BCUT2D eigenvalue weighted by molar-refractivity contribution is -0.139. The number of alkyl halides is 1. The molecule has 0 heterocycles. The number of aliphatic carboxylic acids is 1. The first-order chi connectivity index (χ1) is 6.62. The molecule has 3 heteroatoms. The van der Waals surface area contributed by atoms with E-state index in [0.29, 0.717) is 12.3 Å². The van der Waals surface area contributed by atoms with Crippen LogP contribution < -0.4 is 0 Å². The quantitative estimate of drug-likeness (QED) is 0.628. The SMILES string of the molecule is O=C(O)C[C@]1(I)C[C@@H]2CCCCC[C@@H]21. The van der Waals surface area contributed by atoms with Crippen molar-refractivity contribution >= 4 is 28.6 Å². The van der Waals surface area contributed by atoms with Crippen molar-refractivity contribution in [1.29, 1.82) is 0 Å². The van der Waals surface area contributed by atoms with Crippen molar-refractivity contribution in [2.24, 2.45) is 11.8 Å². The number of rotatable bonds is 2. The molecule has 2 aliphatic carbocycles. The highest BCUT2D eigenvalue weighted by Gasteiger charge is 2.52. The minimum absolute atomic E-state index is 0.0958. The van der Waals surface area contributed by atoms with Gasteiger partial charge in [-0.15, -0.1) is 0 Å². The van der Waals surface area contributed by atoms with Gasteiger partial charge in [-0.25, -0.2) is 0 Å². The maximum absolute atomic E-state index is 10.8. The van der Waals surface area contributed by atoms with Crippen LogP contribution in [0.1, 0.15) is 44.9 Å². The van der Waals surface area contributed by atoms with Crippen LogP contribution in [-0.4, -0.2) is 14.5 Å². The van der Waals surface area contributed by atoms with Gasteiger partial charge < -0.3 is 5.11 Å². The molecule has 0 aliphatic heterocycles. The summed E-state index contributed by atoms with van der Waals surface area (Å²) >= 11 is 2.41. The van der Waals surface area contributed by atoms with Crippen LogP contribution in [0.4, 0.5) is 0 Å². The Morgan fingerprint density at radius 3 is 2.79 bits per heavy atom. The lowest BCUT2D eigenvalue weighted by Gasteiger charge is -2.51. The first kappa shape index (κ1) is 10.7. The molecule has 2 nitrogen and oxygen atoms in total. The van der Waals surface area contributed by atoms with Gasteiger partial charge in [0.1, 0.15) is 0 Å². The monoisotopic (exact) mass is 308 g/mol. The van der Waals surface area contributed by atoms with Crippen molar-refractivity contribution in [3.63, 3.8) is 0 Å². The molecule has 2 aliphatic rings. The predicted molar refractivity (Wildman–Crippen MR) is 63.7 cm³/mol. The topological polar surface area (TPSA) is 37.3 Å². The van der Waals surface area contributed by atoms with Gasteiger partial charge in [0.25, 0.3) is 0 Å². The summed E-state index contributed by atoms with van der Waals surface area (Å²) in [6.07, 6.45) is 8.15. The van der Waals surface area contributed by atoms with Crippen molar-refractivity contribution in [1.82, 2.24) is 0 Å². The van der Waals surface area contributed by atoms with Gasteiger partial charge in [-0.05, 0) is 24.7 Å². The van der Waals surface area contributed by atoms with E-state index in [4.69, 9.17) is 5.11 Å². The van der Waals surface area contributed by atoms with Gasteiger partial charge in [-0.2, -0.15) is 0 Å². The molecule has 0 aromatic rings. The van der Waals surface area contributed by atoms with E-state index < -0.39 is 5.97 Å². The average molecular weight is 308 g/mol. The predicted octanol–water partition coefficient (Wildman–Crippen LogP) is 3.24. The highest BCUT2D eigenvalue weighted by molar-refractivity contribution is 14.1. The molecule has 0 aromatic carbocycles. The molecule has 1 N–H and O–H groups in total. The number of carboxylic acids is 1. The third-order valence-corrected chi connectivity index (χ3v) is 5.49. The molecule has 0 spiro atoms. The average Bonchev–Trinajstić information content (AvgIpc) is 2.25. The van der Waals surface area contributed by atoms with Crippen LogP contribution in [0.25, 0.3) is 0 Å². The summed E-state index contributed by atoms with van der Waals surface area (Å²) in [5.74, 6) is 0.914. The molecule has 2 fully saturated rings. The second kappa shape index (κ2) is 3.99. The van der Waals surface area contributed by atoms with Gasteiger partial charge in [0.2, 0.25) is 0 Å². The molecule has 80 valence electrons. The summed E-state index contributed by atoms with van der Waals surface area (Å²) in [5.41, 5.74) is 0. The Labute approximate surface area is 98.6 Å². The second-order valence-electron chi connectivity index (χ2n) is 4.81. The largest absolute Gasteiger partial charge is 0.481 e. The Kier molecular flexibility index (Phi) is 3.05. The molecular formula is C11H17IO2. The Balaban J connectivity index is 1.99. The Bertz CT molecular complexity index is 241. The smallest absolute Gasteiger partial charge is 0.304 e. The standard InChI is InChI=1S/C11H17IO2/c12-11(7-10(13)14)6-8-4-2-1-3-5-9(8)11/h8-9H,1-7H2,(H,13,14)/t8-,9-,11+/m0/s1. The first-order valence-electron chi connectivity index (χ1n) is 5.52. The first-order valence-corrected chi connectivity index (χ1v) is 6.60. The molecule has 14 heavy (non-hydrogen) atoms. The van der Waals surface area contributed by atoms with Crippen molar-refractivity contribution in [2.45, 2.75) is 48.4 Å². The molecule has 0 bridgehead atoms. The van der Waals surface area contributed by atoms with E-state index in [-0.39, 0.29) is 3.42 Å². The summed E-state index contributed by atoms with van der Waals surface area (Å²) < 4.78 is 0.0958. The minimum Gasteiger partial charge on any atom is -0.481 e. The molecule has 0 aromatic heterocycles.